The lowest BCUT2D eigenvalue weighted by Crippen LogP contribution is -2.15. The van der Waals surface area contributed by atoms with Crippen molar-refractivity contribution in [2.45, 2.75) is 0 Å². The molecule has 21 heavy (non-hydrogen) atoms. The molecule has 0 aliphatic carbocycles. The normalized spacial score (nSPS) is 9.48. The molecule has 2 rings (SSSR count). The summed E-state index contributed by atoms with van der Waals surface area (Å²) in [5.74, 6) is -0.386. The van der Waals surface area contributed by atoms with Crippen LogP contribution in [0.3, 0.4) is 0 Å². The molecule has 0 aliphatic heterocycles. The Labute approximate surface area is 125 Å². The predicted molar refractivity (Wildman–Crippen MR) is 77.5 cm³/mol. The quantitative estimate of drug-likeness (QED) is 0.882. The molecule has 1 aromatic heterocycles. The Balaban J connectivity index is 2.30. The molecule has 2 aromatic rings. The average Bonchev–Trinajstić information content (AvgIpc) is 2.49. The van der Waals surface area contributed by atoms with Crippen LogP contribution in [0.1, 0.15) is 21.6 Å². The second-order valence-corrected chi connectivity index (χ2v) is 4.41. The van der Waals surface area contributed by atoms with E-state index in [9.17, 15) is 4.79 Å². The lowest BCUT2D eigenvalue weighted by atomic mass is 10.1. The number of aromatic nitrogens is 1. The van der Waals surface area contributed by atoms with Crippen LogP contribution in [0.15, 0.2) is 30.3 Å². The summed E-state index contributed by atoms with van der Waals surface area (Å²) in [4.78, 5) is 15.9. The SMILES string of the molecule is N#Cc1ccc(NC(=O)c2nc(N)ccc2Cl)cc1C#N. The van der Waals surface area contributed by atoms with Crippen molar-refractivity contribution in [1.29, 1.82) is 10.5 Å². The summed E-state index contributed by atoms with van der Waals surface area (Å²) in [5, 5.41) is 20.5. The molecule has 0 bridgehead atoms. The number of hydrogen-bond acceptors (Lipinski definition) is 5. The van der Waals surface area contributed by atoms with Gasteiger partial charge in [-0.3, -0.25) is 4.79 Å². The molecule has 1 aromatic carbocycles. The molecule has 0 radical (unpaired) electrons. The highest BCUT2D eigenvalue weighted by atomic mass is 35.5. The van der Waals surface area contributed by atoms with Crippen LogP contribution >= 0.6 is 11.6 Å². The van der Waals surface area contributed by atoms with Crippen molar-refractivity contribution in [2.24, 2.45) is 0 Å². The van der Waals surface area contributed by atoms with Gasteiger partial charge in [-0.1, -0.05) is 11.6 Å². The molecular formula is C14H8ClN5O. The first kappa shape index (κ1) is 14.3. The highest BCUT2D eigenvalue weighted by Gasteiger charge is 2.13. The van der Waals surface area contributed by atoms with Crippen molar-refractivity contribution in [3.05, 3.63) is 52.2 Å². The average molecular weight is 298 g/mol. The monoisotopic (exact) mass is 297 g/mol. The van der Waals surface area contributed by atoms with E-state index in [0.717, 1.165) is 0 Å². The maximum absolute atomic E-state index is 12.1. The molecule has 3 N–H and O–H groups in total. The smallest absolute Gasteiger partial charge is 0.275 e. The van der Waals surface area contributed by atoms with E-state index in [2.05, 4.69) is 10.3 Å². The van der Waals surface area contributed by atoms with E-state index in [4.69, 9.17) is 27.9 Å². The van der Waals surface area contributed by atoms with Crippen LogP contribution in [0.25, 0.3) is 0 Å². The molecular weight excluding hydrogens is 290 g/mol. The Morgan fingerprint density at radius 3 is 2.57 bits per heavy atom. The molecule has 0 atom stereocenters. The van der Waals surface area contributed by atoms with Gasteiger partial charge in [0, 0.05) is 5.69 Å². The number of carbonyl (C=O) groups excluding carboxylic acids is 1. The van der Waals surface area contributed by atoms with Crippen molar-refractivity contribution in [1.82, 2.24) is 4.98 Å². The van der Waals surface area contributed by atoms with Gasteiger partial charge in [-0.25, -0.2) is 4.98 Å². The third-order valence-corrected chi connectivity index (χ3v) is 2.91. The molecule has 0 spiro atoms. The van der Waals surface area contributed by atoms with E-state index >= 15 is 0 Å². The van der Waals surface area contributed by atoms with Crippen LogP contribution in [-0.4, -0.2) is 10.9 Å². The first-order valence-electron chi connectivity index (χ1n) is 5.72. The third-order valence-electron chi connectivity index (χ3n) is 2.60. The number of anilines is 2. The Morgan fingerprint density at radius 1 is 1.19 bits per heavy atom. The molecule has 0 fully saturated rings. The van der Waals surface area contributed by atoms with Gasteiger partial charge < -0.3 is 11.1 Å². The molecule has 7 heteroatoms. The van der Waals surface area contributed by atoms with Gasteiger partial charge in [-0.2, -0.15) is 10.5 Å². The lowest BCUT2D eigenvalue weighted by molar-refractivity contribution is 0.102. The van der Waals surface area contributed by atoms with Crippen LogP contribution < -0.4 is 11.1 Å². The molecule has 0 saturated heterocycles. The maximum atomic E-state index is 12.1. The Hall–Kier alpha value is -3.09. The molecule has 102 valence electrons. The van der Waals surface area contributed by atoms with Crippen molar-refractivity contribution in [2.75, 3.05) is 11.1 Å². The van der Waals surface area contributed by atoms with Gasteiger partial charge in [0.25, 0.3) is 5.91 Å². The Bertz CT molecular complexity index is 804. The van der Waals surface area contributed by atoms with Crippen molar-refractivity contribution < 1.29 is 4.79 Å². The summed E-state index contributed by atoms with van der Waals surface area (Å²) < 4.78 is 0. The Kier molecular flexibility index (Phi) is 4.03. The van der Waals surface area contributed by atoms with Crippen LogP contribution in [-0.2, 0) is 0 Å². The fraction of sp³-hybridized carbons (Fsp3) is 0. The summed E-state index contributed by atoms with van der Waals surface area (Å²) >= 11 is 5.89. The summed E-state index contributed by atoms with van der Waals surface area (Å²) in [7, 11) is 0. The van der Waals surface area contributed by atoms with E-state index in [1.807, 2.05) is 12.1 Å². The van der Waals surface area contributed by atoms with E-state index < -0.39 is 5.91 Å². The van der Waals surface area contributed by atoms with Crippen LogP contribution in [0.2, 0.25) is 5.02 Å². The number of hydrogen-bond donors (Lipinski definition) is 2. The summed E-state index contributed by atoms with van der Waals surface area (Å²) in [6, 6.07) is 11.1. The summed E-state index contributed by atoms with van der Waals surface area (Å²) in [6.45, 7) is 0. The third kappa shape index (κ3) is 3.08. The molecule has 1 amide bonds. The largest absolute Gasteiger partial charge is 0.384 e. The molecule has 0 unspecified atom stereocenters. The van der Waals surface area contributed by atoms with Crippen LogP contribution in [0, 0.1) is 22.7 Å². The van der Waals surface area contributed by atoms with Crippen molar-refractivity contribution >= 4 is 29.0 Å². The fourth-order valence-electron chi connectivity index (χ4n) is 1.62. The standard InChI is InChI=1S/C14H8ClN5O/c15-11-3-4-12(18)20-13(11)14(21)19-10-2-1-8(6-16)9(5-10)7-17/h1-5H,(H2,18,20)(H,19,21). The topological polar surface area (TPSA) is 116 Å². The number of nitriles is 2. The summed E-state index contributed by atoms with van der Waals surface area (Å²) in [5.41, 5.74) is 6.26. The van der Waals surface area contributed by atoms with Gasteiger partial charge in [0.05, 0.1) is 16.1 Å². The zero-order chi connectivity index (χ0) is 15.4. The van der Waals surface area contributed by atoms with E-state index in [0.29, 0.717) is 5.69 Å². The molecule has 0 saturated carbocycles. The highest BCUT2D eigenvalue weighted by Crippen LogP contribution is 2.19. The number of carbonyl (C=O) groups is 1. The number of nitrogens with one attached hydrogen (secondary N) is 1. The number of benzene rings is 1. The number of halogens is 1. The fourth-order valence-corrected chi connectivity index (χ4v) is 1.81. The number of rotatable bonds is 2. The van der Waals surface area contributed by atoms with E-state index in [-0.39, 0.29) is 27.7 Å². The van der Waals surface area contributed by atoms with Gasteiger partial charge in [0.15, 0.2) is 0 Å². The van der Waals surface area contributed by atoms with Crippen molar-refractivity contribution in [3.63, 3.8) is 0 Å². The molecule has 6 nitrogen and oxygen atoms in total. The van der Waals surface area contributed by atoms with Crippen molar-refractivity contribution in [3.8, 4) is 12.1 Å². The summed E-state index contributed by atoms with van der Waals surface area (Å²) in [6.07, 6.45) is 0. The number of nitrogens with two attached hydrogens (primary N) is 1. The van der Waals surface area contributed by atoms with Gasteiger partial charge in [0.2, 0.25) is 0 Å². The minimum absolute atomic E-state index is 0.0143. The predicted octanol–water partition coefficient (Wildman–Crippen LogP) is 2.31. The van der Waals surface area contributed by atoms with Crippen LogP contribution in [0.5, 0.6) is 0 Å². The van der Waals surface area contributed by atoms with E-state index in [1.54, 1.807) is 0 Å². The molecule has 0 aliphatic rings. The van der Waals surface area contributed by atoms with Gasteiger partial charge >= 0.3 is 0 Å². The van der Waals surface area contributed by atoms with Gasteiger partial charge in [0.1, 0.15) is 23.7 Å². The number of pyridine rings is 1. The zero-order valence-electron chi connectivity index (χ0n) is 10.6. The molecule has 1 heterocycles. The van der Waals surface area contributed by atoms with Gasteiger partial charge in [-0.15, -0.1) is 0 Å². The first-order valence-corrected chi connectivity index (χ1v) is 6.10. The number of nitrogen functional groups attached to an aromatic ring is 1. The highest BCUT2D eigenvalue weighted by molar-refractivity contribution is 6.34. The number of nitrogens with zero attached hydrogens (tertiary/aromatic N) is 3. The second-order valence-electron chi connectivity index (χ2n) is 4.00. The minimum atomic E-state index is -0.555. The second kappa shape index (κ2) is 5.91. The Morgan fingerprint density at radius 2 is 1.90 bits per heavy atom. The minimum Gasteiger partial charge on any atom is -0.384 e. The first-order chi connectivity index (χ1) is 10.0. The lowest BCUT2D eigenvalue weighted by Gasteiger charge is -2.07. The van der Waals surface area contributed by atoms with Crippen LogP contribution in [0.4, 0.5) is 11.5 Å². The maximum Gasteiger partial charge on any atom is 0.275 e. The van der Waals surface area contributed by atoms with E-state index in [1.165, 1.54) is 30.3 Å². The number of amides is 1. The zero-order valence-corrected chi connectivity index (χ0v) is 11.3. The van der Waals surface area contributed by atoms with Gasteiger partial charge in [-0.05, 0) is 30.3 Å².